The highest BCUT2D eigenvalue weighted by molar-refractivity contribution is 6.01. The van der Waals surface area contributed by atoms with E-state index in [0.717, 1.165) is 11.1 Å². The van der Waals surface area contributed by atoms with Gasteiger partial charge in [0.25, 0.3) is 0 Å². The van der Waals surface area contributed by atoms with Crippen molar-refractivity contribution in [3.8, 4) is 17.2 Å². The molecule has 7 nitrogen and oxygen atoms in total. The van der Waals surface area contributed by atoms with E-state index in [4.69, 9.17) is 24.2 Å². The Hall–Kier alpha value is -4.07. The molecule has 1 aliphatic heterocycles. The van der Waals surface area contributed by atoms with E-state index in [1.807, 2.05) is 36.4 Å². The maximum Gasteiger partial charge on any atom is 0.304 e. The van der Waals surface area contributed by atoms with E-state index in [2.05, 4.69) is 5.16 Å². The van der Waals surface area contributed by atoms with Crippen molar-refractivity contribution in [3.05, 3.63) is 89.2 Å². The predicted octanol–water partition coefficient (Wildman–Crippen LogP) is 4.78. The van der Waals surface area contributed by atoms with Crippen LogP contribution in [0.2, 0.25) is 0 Å². The number of rotatable bonds is 10. The van der Waals surface area contributed by atoms with Crippen molar-refractivity contribution >= 4 is 11.7 Å². The van der Waals surface area contributed by atoms with Crippen LogP contribution in [0.4, 0.5) is 4.39 Å². The molecule has 1 N–H and O–H groups in total. The van der Waals surface area contributed by atoms with Gasteiger partial charge in [0, 0.05) is 23.1 Å². The zero-order valence-electron chi connectivity index (χ0n) is 18.6. The maximum absolute atomic E-state index is 13.2. The van der Waals surface area contributed by atoms with E-state index >= 15 is 0 Å². The highest BCUT2D eigenvalue weighted by Crippen LogP contribution is 2.38. The number of nitrogens with zero attached hydrogens (tertiary/aromatic N) is 1. The summed E-state index contributed by atoms with van der Waals surface area (Å²) in [5.74, 6) is 0.662. The summed E-state index contributed by atoms with van der Waals surface area (Å²) in [6.07, 6.45) is 0.0460. The molecule has 1 aliphatic rings. The monoisotopic (exact) mass is 465 g/mol. The highest BCUT2D eigenvalue weighted by atomic mass is 19.1. The Morgan fingerprint density at radius 1 is 1.06 bits per heavy atom. The van der Waals surface area contributed by atoms with Crippen LogP contribution in [0.3, 0.4) is 0 Å². The molecule has 1 unspecified atom stereocenters. The van der Waals surface area contributed by atoms with Crippen LogP contribution in [0, 0.1) is 5.82 Å². The number of carbonyl (C=O) groups is 1. The number of benzene rings is 3. The van der Waals surface area contributed by atoms with Crippen molar-refractivity contribution in [2.24, 2.45) is 5.16 Å². The largest absolute Gasteiger partial charge is 0.492 e. The lowest BCUT2D eigenvalue weighted by Crippen LogP contribution is -2.13. The minimum Gasteiger partial charge on any atom is -0.492 e. The van der Waals surface area contributed by atoms with Gasteiger partial charge in [0.05, 0.1) is 13.0 Å². The van der Waals surface area contributed by atoms with Crippen LogP contribution < -0.4 is 14.2 Å². The fraction of sp³-hybridized carbons (Fsp3) is 0.231. The van der Waals surface area contributed by atoms with Crippen molar-refractivity contribution in [1.29, 1.82) is 0 Å². The molecule has 3 aromatic rings. The van der Waals surface area contributed by atoms with Gasteiger partial charge in [-0.3, -0.25) is 4.79 Å². The van der Waals surface area contributed by atoms with Crippen molar-refractivity contribution < 1.29 is 33.3 Å². The maximum atomic E-state index is 13.2. The number of oxime groups is 1. The second-order valence-corrected chi connectivity index (χ2v) is 7.75. The zero-order chi connectivity index (χ0) is 23.9. The van der Waals surface area contributed by atoms with E-state index < -0.39 is 5.97 Å². The second-order valence-electron chi connectivity index (χ2n) is 7.75. The number of hydrogen-bond donors (Lipinski definition) is 1. The van der Waals surface area contributed by atoms with Crippen LogP contribution >= 0.6 is 0 Å². The minimum absolute atomic E-state index is 0.0460. The van der Waals surface area contributed by atoms with Gasteiger partial charge < -0.3 is 24.2 Å². The first-order valence-corrected chi connectivity index (χ1v) is 10.7. The third-order valence-electron chi connectivity index (χ3n) is 5.37. The molecule has 0 amide bonds. The summed E-state index contributed by atoms with van der Waals surface area (Å²) in [5.41, 5.74) is 3.09. The summed E-state index contributed by atoms with van der Waals surface area (Å²) < 4.78 is 30.5. The SMILES string of the molecule is CON=C(COc1ccc(COc2ccc3c(c2)OCC3CC(=O)O)cc1)c1ccc(F)cc1. The number of hydrogen-bond acceptors (Lipinski definition) is 6. The molecule has 0 spiro atoms. The number of carboxylic acids is 1. The second kappa shape index (κ2) is 10.7. The Bertz CT molecular complexity index is 1160. The van der Waals surface area contributed by atoms with Gasteiger partial charge in [0.1, 0.15) is 49.1 Å². The molecule has 0 radical (unpaired) electrons. The summed E-state index contributed by atoms with van der Waals surface area (Å²) in [5, 5.41) is 13.0. The average molecular weight is 465 g/mol. The van der Waals surface area contributed by atoms with E-state index in [0.29, 0.717) is 41.7 Å². The van der Waals surface area contributed by atoms with Gasteiger partial charge in [-0.05, 0) is 48.0 Å². The number of halogens is 1. The fourth-order valence-electron chi connectivity index (χ4n) is 3.64. The van der Waals surface area contributed by atoms with Crippen molar-refractivity contribution in [2.45, 2.75) is 18.9 Å². The Labute approximate surface area is 196 Å². The van der Waals surface area contributed by atoms with Crippen LogP contribution in [0.5, 0.6) is 17.2 Å². The molecule has 1 heterocycles. The molecular weight excluding hydrogens is 441 g/mol. The molecule has 4 rings (SSSR count). The summed E-state index contributed by atoms with van der Waals surface area (Å²) in [6, 6.07) is 18.9. The van der Waals surface area contributed by atoms with Gasteiger partial charge >= 0.3 is 5.97 Å². The number of carboxylic acid groups (broad SMARTS) is 1. The first kappa shape index (κ1) is 23.1. The Morgan fingerprint density at radius 2 is 1.79 bits per heavy atom. The van der Waals surface area contributed by atoms with Crippen molar-refractivity contribution in [2.75, 3.05) is 20.3 Å². The highest BCUT2D eigenvalue weighted by Gasteiger charge is 2.26. The molecule has 8 heteroatoms. The summed E-state index contributed by atoms with van der Waals surface area (Å²) in [7, 11) is 1.44. The summed E-state index contributed by atoms with van der Waals surface area (Å²) in [4.78, 5) is 15.9. The molecule has 0 aliphatic carbocycles. The smallest absolute Gasteiger partial charge is 0.304 e. The molecule has 0 saturated heterocycles. The minimum atomic E-state index is -0.841. The molecule has 1 atom stereocenters. The van der Waals surface area contributed by atoms with Crippen LogP contribution in [-0.4, -0.2) is 37.1 Å². The lowest BCUT2D eigenvalue weighted by Gasteiger charge is -2.11. The van der Waals surface area contributed by atoms with Crippen molar-refractivity contribution in [1.82, 2.24) is 0 Å². The van der Waals surface area contributed by atoms with E-state index in [1.54, 1.807) is 18.2 Å². The van der Waals surface area contributed by atoms with Crippen molar-refractivity contribution in [3.63, 3.8) is 0 Å². The predicted molar refractivity (Wildman–Crippen MR) is 123 cm³/mol. The van der Waals surface area contributed by atoms with Gasteiger partial charge in [-0.1, -0.05) is 23.4 Å². The molecule has 176 valence electrons. The first-order valence-electron chi connectivity index (χ1n) is 10.7. The van der Waals surface area contributed by atoms with Crippen LogP contribution in [0.15, 0.2) is 71.9 Å². The Kier molecular flexibility index (Phi) is 7.27. The molecule has 0 fully saturated rings. The topological polar surface area (TPSA) is 86.6 Å². The third-order valence-corrected chi connectivity index (χ3v) is 5.37. The number of aliphatic carboxylic acids is 1. The standard InChI is InChI=1S/C26H24FNO6/c1-31-28-24(18-4-6-20(27)7-5-18)16-33-21-8-2-17(3-9-21)14-32-22-10-11-23-19(12-26(29)30)15-34-25(23)13-22/h2-11,13,19H,12,14-16H2,1H3,(H,29,30). The van der Waals surface area contributed by atoms with E-state index in [1.165, 1.54) is 19.2 Å². The Morgan fingerprint density at radius 3 is 2.50 bits per heavy atom. The molecular formula is C26H24FNO6. The van der Waals surface area contributed by atoms with Gasteiger partial charge in [-0.25, -0.2) is 4.39 Å². The zero-order valence-corrected chi connectivity index (χ0v) is 18.6. The molecule has 34 heavy (non-hydrogen) atoms. The summed E-state index contributed by atoms with van der Waals surface area (Å²) >= 11 is 0. The number of fused-ring (bicyclic) bond motifs is 1. The van der Waals surface area contributed by atoms with Gasteiger partial charge in [0.15, 0.2) is 0 Å². The lowest BCUT2D eigenvalue weighted by atomic mass is 9.98. The summed E-state index contributed by atoms with van der Waals surface area (Å²) in [6.45, 7) is 0.876. The third kappa shape index (κ3) is 5.83. The van der Waals surface area contributed by atoms with Gasteiger partial charge in [0.2, 0.25) is 0 Å². The first-order chi connectivity index (χ1) is 16.5. The quantitative estimate of drug-likeness (QED) is 0.342. The van der Waals surface area contributed by atoms with Crippen LogP contribution in [0.25, 0.3) is 0 Å². The number of ether oxygens (including phenoxy) is 3. The van der Waals surface area contributed by atoms with Gasteiger partial charge in [-0.2, -0.15) is 0 Å². The van der Waals surface area contributed by atoms with Crippen LogP contribution in [-0.2, 0) is 16.2 Å². The normalized spacial score (nSPS) is 14.8. The lowest BCUT2D eigenvalue weighted by molar-refractivity contribution is -0.137. The van der Waals surface area contributed by atoms with E-state index in [9.17, 15) is 9.18 Å². The average Bonchev–Trinajstić information content (AvgIpc) is 3.23. The molecule has 0 aromatic heterocycles. The fourth-order valence-corrected chi connectivity index (χ4v) is 3.64. The van der Waals surface area contributed by atoms with Gasteiger partial charge in [-0.15, -0.1) is 0 Å². The van der Waals surface area contributed by atoms with E-state index in [-0.39, 0.29) is 24.8 Å². The molecule has 3 aromatic carbocycles. The van der Waals surface area contributed by atoms with Crippen LogP contribution in [0.1, 0.15) is 29.0 Å². The molecule has 0 saturated carbocycles. The molecule has 0 bridgehead atoms. The Balaban J connectivity index is 1.31.